The minimum atomic E-state index is -1.10. The van der Waals surface area contributed by atoms with Gasteiger partial charge in [-0.3, -0.25) is 0 Å². The third kappa shape index (κ3) is 2.82. The number of nitrogens with zero attached hydrogens (tertiary/aromatic N) is 2. The van der Waals surface area contributed by atoms with Crippen LogP contribution >= 0.6 is 0 Å². The van der Waals surface area contributed by atoms with Crippen LogP contribution in [-0.4, -0.2) is 21.0 Å². The van der Waals surface area contributed by atoms with E-state index in [2.05, 4.69) is 9.97 Å². The summed E-state index contributed by atoms with van der Waals surface area (Å²) in [6.45, 7) is 1.84. The molecule has 1 unspecified atom stereocenters. The summed E-state index contributed by atoms with van der Waals surface area (Å²) in [4.78, 5) is 19.0. The fourth-order valence-electron chi connectivity index (χ4n) is 1.44. The Morgan fingerprint density at radius 2 is 1.83 bits per heavy atom. The van der Waals surface area contributed by atoms with E-state index in [-0.39, 0.29) is 6.01 Å². The van der Waals surface area contributed by atoms with Crippen molar-refractivity contribution in [3.8, 4) is 6.01 Å². The van der Waals surface area contributed by atoms with Gasteiger partial charge in [-0.15, -0.1) is 0 Å². The Labute approximate surface area is 104 Å². The van der Waals surface area contributed by atoms with Crippen LogP contribution in [0.1, 0.15) is 17.2 Å². The van der Waals surface area contributed by atoms with Crippen molar-refractivity contribution < 1.29 is 14.6 Å². The molecule has 1 aromatic carbocycles. The van der Waals surface area contributed by atoms with Gasteiger partial charge >= 0.3 is 12.0 Å². The predicted octanol–water partition coefficient (Wildman–Crippen LogP) is 1.99. The molecule has 1 aromatic heterocycles. The molecular formula is C13H12N2O3. The molecule has 0 saturated carbocycles. The van der Waals surface area contributed by atoms with E-state index in [1.54, 1.807) is 36.7 Å². The Morgan fingerprint density at radius 1 is 1.22 bits per heavy atom. The van der Waals surface area contributed by atoms with Crippen molar-refractivity contribution in [2.45, 2.75) is 13.0 Å². The molecule has 0 saturated heterocycles. The molecule has 0 bridgehead atoms. The van der Waals surface area contributed by atoms with E-state index in [1.165, 1.54) is 0 Å². The summed E-state index contributed by atoms with van der Waals surface area (Å²) in [6, 6.07) is 8.75. The molecule has 0 aliphatic carbocycles. The minimum absolute atomic E-state index is 0.0526. The molecule has 0 aliphatic rings. The van der Waals surface area contributed by atoms with Gasteiger partial charge in [-0.25, -0.2) is 14.8 Å². The van der Waals surface area contributed by atoms with Gasteiger partial charge in [-0.05, 0) is 12.5 Å². The number of aliphatic carboxylic acids is 1. The number of aryl methyl sites for hydroxylation is 1. The number of rotatable bonds is 4. The lowest BCUT2D eigenvalue weighted by atomic mass is 10.1. The largest absolute Gasteiger partial charge is 0.478 e. The number of carbonyl (C=O) groups is 1. The molecule has 0 spiro atoms. The Morgan fingerprint density at radius 3 is 2.39 bits per heavy atom. The topological polar surface area (TPSA) is 72.3 Å². The van der Waals surface area contributed by atoms with Gasteiger partial charge in [0, 0.05) is 18.0 Å². The van der Waals surface area contributed by atoms with E-state index >= 15 is 0 Å². The number of aromatic nitrogens is 2. The second kappa shape index (κ2) is 5.27. The summed E-state index contributed by atoms with van der Waals surface area (Å²) in [6.07, 6.45) is 2.05. The van der Waals surface area contributed by atoms with Gasteiger partial charge in [0.15, 0.2) is 0 Å². The van der Waals surface area contributed by atoms with Crippen molar-refractivity contribution in [1.82, 2.24) is 9.97 Å². The number of hydrogen-bond acceptors (Lipinski definition) is 4. The highest BCUT2D eigenvalue weighted by Gasteiger charge is 2.22. The first-order valence-electron chi connectivity index (χ1n) is 5.40. The Kier molecular flexibility index (Phi) is 3.52. The average molecular weight is 244 g/mol. The van der Waals surface area contributed by atoms with Gasteiger partial charge in [0.05, 0.1) is 0 Å². The van der Waals surface area contributed by atoms with Gasteiger partial charge in [0.2, 0.25) is 6.10 Å². The summed E-state index contributed by atoms with van der Waals surface area (Å²) in [5.41, 5.74) is 1.43. The van der Waals surface area contributed by atoms with E-state index in [9.17, 15) is 4.79 Å². The van der Waals surface area contributed by atoms with Crippen LogP contribution in [0, 0.1) is 6.92 Å². The van der Waals surface area contributed by atoms with Crippen LogP contribution < -0.4 is 4.74 Å². The van der Waals surface area contributed by atoms with Gasteiger partial charge < -0.3 is 9.84 Å². The van der Waals surface area contributed by atoms with Gasteiger partial charge in [0.25, 0.3) is 0 Å². The van der Waals surface area contributed by atoms with Crippen molar-refractivity contribution in [1.29, 1.82) is 0 Å². The highest BCUT2D eigenvalue weighted by molar-refractivity contribution is 5.74. The van der Waals surface area contributed by atoms with Crippen molar-refractivity contribution in [3.63, 3.8) is 0 Å². The third-order valence-corrected chi connectivity index (χ3v) is 2.31. The Balaban J connectivity index is 2.22. The molecule has 1 heterocycles. The van der Waals surface area contributed by atoms with Crippen LogP contribution in [0.15, 0.2) is 42.7 Å². The van der Waals surface area contributed by atoms with Gasteiger partial charge in [0.1, 0.15) is 0 Å². The highest BCUT2D eigenvalue weighted by atomic mass is 16.5. The molecule has 1 N–H and O–H groups in total. The maximum Gasteiger partial charge on any atom is 0.349 e. The molecular weight excluding hydrogens is 232 g/mol. The highest BCUT2D eigenvalue weighted by Crippen LogP contribution is 2.19. The second-order valence-electron chi connectivity index (χ2n) is 3.79. The van der Waals surface area contributed by atoms with E-state index < -0.39 is 12.1 Å². The summed E-state index contributed by atoms with van der Waals surface area (Å²) in [7, 11) is 0. The monoisotopic (exact) mass is 244 g/mol. The number of benzene rings is 1. The van der Waals surface area contributed by atoms with Gasteiger partial charge in [-0.2, -0.15) is 0 Å². The maximum absolute atomic E-state index is 11.2. The van der Waals surface area contributed by atoms with E-state index in [4.69, 9.17) is 9.84 Å². The zero-order valence-corrected chi connectivity index (χ0v) is 9.78. The average Bonchev–Trinajstić information content (AvgIpc) is 2.38. The molecule has 1 atom stereocenters. The normalized spacial score (nSPS) is 11.8. The molecule has 0 amide bonds. The number of carboxylic acid groups (broad SMARTS) is 1. The van der Waals surface area contributed by atoms with E-state index in [0.29, 0.717) is 5.56 Å². The lowest BCUT2D eigenvalue weighted by molar-refractivity contribution is -0.145. The summed E-state index contributed by atoms with van der Waals surface area (Å²) < 4.78 is 5.30. The molecule has 18 heavy (non-hydrogen) atoms. The van der Waals surface area contributed by atoms with Gasteiger partial charge in [-0.1, -0.05) is 30.3 Å². The first kappa shape index (κ1) is 12.0. The Hall–Kier alpha value is -2.43. The molecule has 2 aromatic rings. The van der Waals surface area contributed by atoms with E-state index in [0.717, 1.165) is 5.56 Å². The number of hydrogen-bond donors (Lipinski definition) is 1. The fourth-order valence-corrected chi connectivity index (χ4v) is 1.44. The van der Waals surface area contributed by atoms with Crippen molar-refractivity contribution >= 4 is 5.97 Å². The molecule has 0 radical (unpaired) electrons. The van der Waals surface area contributed by atoms with Crippen molar-refractivity contribution in [2.24, 2.45) is 0 Å². The Bertz CT molecular complexity index is 526. The molecule has 0 aliphatic heterocycles. The standard InChI is InChI=1S/C13H12N2O3/c1-9-7-14-13(15-8-9)18-11(12(16)17)10-5-3-2-4-6-10/h2-8,11H,1H3,(H,16,17). The van der Waals surface area contributed by atoms with Crippen LogP contribution in [0.2, 0.25) is 0 Å². The minimum Gasteiger partial charge on any atom is -0.478 e. The number of ether oxygens (including phenoxy) is 1. The van der Waals surface area contributed by atoms with Crippen LogP contribution in [-0.2, 0) is 4.79 Å². The third-order valence-electron chi connectivity index (χ3n) is 2.31. The van der Waals surface area contributed by atoms with E-state index in [1.807, 2.05) is 13.0 Å². The maximum atomic E-state index is 11.2. The molecule has 0 fully saturated rings. The van der Waals surface area contributed by atoms with Crippen LogP contribution in [0.5, 0.6) is 6.01 Å². The first-order chi connectivity index (χ1) is 8.66. The SMILES string of the molecule is Cc1cnc(OC(C(=O)O)c2ccccc2)nc1. The van der Waals surface area contributed by atoms with Crippen LogP contribution in [0.25, 0.3) is 0 Å². The quantitative estimate of drug-likeness (QED) is 0.890. The molecule has 5 nitrogen and oxygen atoms in total. The molecule has 5 heteroatoms. The lowest BCUT2D eigenvalue weighted by Crippen LogP contribution is -2.19. The van der Waals surface area contributed by atoms with Crippen LogP contribution in [0.3, 0.4) is 0 Å². The zero-order valence-electron chi connectivity index (χ0n) is 9.78. The second-order valence-corrected chi connectivity index (χ2v) is 3.79. The summed E-state index contributed by atoms with van der Waals surface area (Å²) >= 11 is 0. The van der Waals surface area contributed by atoms with Crippen molar-refractivity contribution in [3.05, 3.63) is 53.9 Å². The smallest absolute Gasteiger partial charge is 0.349 e. The summed E-state index contributed by atoms with van der Waals surface area (Å²) in [5, 5.41) is 9.16. The first-order valence-corrected chi connectivity index (χ1v) is 5.40. The molecule has 92 valence electrons. The molecule has 2 rings (SSSR count). The summed E-state index contributed by atoms with van der Waals surface area (Å²) in [5.74, 6) is -1.08. The van der Waals surface area contributed by atoms with Crippen molar-refractivity contribution in [2.75, 3.05) is 0 Å². The number of carboxylic acids is 1. The lowest BCUT2D eigenvalue weighted by Gasteiger charge is -2.13. The fraction of sp³-hybridized carbons (Fsp3) is 0.154. The predicted molar refractivity (Wildman–Crippen MR) is 64.2 cm³/mol. The van der Waals surface area contributed by atoms with Crippen LogP contribution in [0.4, 0.5) is 0 Å². The zero-order chi connectivity index (χ0) is 13.0.